The summed E-state index contributed by atoms with van der Waals surface area (Å²) in [6.07, 6.45) is 4.47. The van der Waals surface area contributed by atoms with E-state index in [1.807, 2.05) is 0 Å². The van der Waals surface area contributed by atoms with Crippen molar-refractivity contribution in [1.29, 1.82) is 0 Å². The van der Waals surface area contributed by atoms with E-state index in [0.29, 0.717) is 12.5 Å². The van der Waals surface area contributed by atoms with E-state index >= 15 is 0 Å². The Kier molecular flexibility index (Phi) is 2.70. The second-order valence-corrected chi connectivity index (χ2v) is 4.02. The second-order valence-electron chi connectivity index (χ2n) is 4.02. The number of carbonyl (C=O) groups excluding carboxylic acids is 1. The number of amides is 1. The van der Waals surface area contributed by atoms with Gasteiger partial charge in [0.25, 0.3) is 0 Å². The first-order chi connectivity index (χ1) is 6.79. The maximum Gasteiger partial charge on any atom is 0.427 e. The highest BCUT2D eigenvalue weighted by Crippen LogP contribution is 2.42. The highest BCUT2D eigenvalue weighted by atomic mass is 16.5. The van der Waals surface area contributed by atoms with E-state index in [9.17, 15) is 4.79 Å². The lowest BCUT2D eigenvalue weighted by Gasteiger charge is -2.11. The van der Waals surface area contributed by atoms with Crippen LogP contribution in [0.1, 0.15) is 32.6 Å². The first-order valence-corrected chi connectivity index (χ1v) is 5.28. The van der Waals surface area contributed by atoms with E-state index in [1.165, 1.54) is 19.3 Å². The van der Waals surface area contributed by atoms with Crippen molar-refractivity contribution in [2.24, 2.45) is 16.9 Å². The van der Waals surface area contributed by atoms with Gasteiger partial charge in [-0.2, -0.15) is 5.10 Å². The third-order valence-electron chi connectivity index (χ3n) is 3.08. The predicted octanol–water partition coefficient (Wildman–Crippen LogP) is 1.91. The number of fused-ring (bicyclic) bond motifs is 2. The Bertz CT molecular complexity index is 263. The van der Waals surface area contributed by atoms with Gasteiger partial charge in [0.2, 0.25) is 0 Å². The molecule has 2 atom stereocenters. The Hall–Kier alpha value is -1.06. The van der Waals surface area contributed by atoms with Crippen LogP contribution in [-0.2, 0) is 4.74 Å². The monoisotopic (exact) mass is 196 g/mol. The first-order valence-electron chi connectivity index (χ1n) is 5.28. The zero-order valence-electron chi connectivity index (χ0n) is 8.45. The van der Waals surface area contributed by atoms with Crippen molar-refractivity contribution < 1.29 is 9.53 Å². The van der Waals surface area contributed by atoms with E-state index in [1.54, 1.807) is 6.92 Å². The molecule has 0 aromatic heterocycles. The molecular weight excluding hydrogens is 180 g/mol. The summed E-state index contributed by atoms with van der Waals surface area (Å²) in [4.78, 5) is 11.0. The summed E-state index contributed by atoms with van der Waals surface area (Å²) in [6, 6.07) is 0. The third-order valence-corrected chi connectivity index (χ3v) is 3.08. The molecule has 14 heavy (non-hydrogen) atoms. The standard InChI is InChI=1S/C10H16N2O2/c1-2-14-10(13)12-11-9-6-7-3-4-8(9)5-7/h7-8H,2-6H2,1H3,(H,12,13). The Morgan fingerprint density at radius 1 is 1.64 bits per heavy atom. The summed E-state index contributed by atoms with van der Waals surface area (Å²) in [7, 11) is 0. The Morgan fingerprint density at radius 3 is 3.07 bits per heavy atom. The Balaban J connectivity index is 1.84. The van der Waals surface area contributed by atoms with Crippen LogP contribution in [0.25, 0.3) is 0 Å². The summed E-state index contributed by atoms with van der Waals surface area (Å²) in [5, 5.41) is 4.12. The fourth-order valence-electron chi connectivity index (χ4n) is 2.44. The quantitative estimate of drug-likeness (QED) is 0.686. The van der Waals surface area contributed by atoms with Crippen LogP contribution in [0.4, 0.5) is 4.79 Å². The number of hydrazone groups is 1. The SMILES string of the molecule is CCOC(=O)NN=C1CC2CCC1C2. The number of hydrogen-bond donors (Lipinski definition) is 1. The van der Waals surface area contributed by atoms with Crippen LogP contribution in [-0.4, -0.2) is 18.4 Å². The predicted molar refractivity (Wildman–Crippen MR) is 53.0 cm³/mol. The normalized spacial score (nSPS) is 32.2. The molecule has 78 valence electrons. The summed E-state index contributed by atoms with van der Waals surface area (Å²) in [5.74, 6) is 1.45. The average molecular weight is 196 g/mol. The smallest absolute Gasteiger partial charge is 0.427 e. The molecule has 2 unspecified atom stereocenters. The minimum atomic E-state index is -0.442. The van der Waals surface area contributed by atoms with Crippen LogP contribution in [0.15, 0.2) is 5.10 Å². The highest BCUT2D eigenvalue weighted by molar-refractivity contribution is 5.90. The van der Waals surface area contributed by atoms with Gasteiger partial charge in [0, 0.05) is 5.71 Å². The minimum Gasteiger partial charge on any atom is -0.449 e. The largest absolute Gasteiger partial charge is 0.449 e. The molecule has 4 nitrogen and oxygen atoms in total. The van der Waals surface area contributed by atoms with Gasteiger partial charge in [-0.3, -0.25) is 0 Å². The van der Waals surface area contributed by atoms with Crippen molar-refractivity contribution in [3.05, 3.63) is 0 Å². The second kappa shape index (κ2) is 3.98. The molecule has 2 saturated carbocycles. The van der Waals surface area contributed by atoms with Gasteiger partial charge in [-0.1, -0.05) is 0 Å². The van der Waals surface area contributed by atoms with Crippen molar-refractivity contribution in [1.82, 2.24) is 5.43 Å². The molecule has 0 aromatic rings. The maximum atomic E-state index is 11.0. The van der Waals surface area contributed by atoms with Crippen molar-refractivity contribution >= 4 is 11.8 Å². The van der Waals surface area contributed by atoms with Gasteiger partial charge in [0.15, 0.2) is 0 Å². The molecule has 1 N–H and O–H groups in total. The van der Waals surface area contributed by atoms with Crippen molar-refractivity contribution in [3.63, 3.8) is 0 Å². The molecule has 2 aliphatic rings. The van der Waals surface area contributed by atoms with E-state index in [-0.39, 0.29) is 0 Å². The third kappa shape index (κ3) is 1.89. The van der Waals surface area contributed by atoms with Gasteiger partial charge in [-0.05, 0) is 44.4 Å². The lowest BCUT2D eigenvalue weighted by Crippen LogP contribution is -2.22. The molecule has 0 aliphatic heterocycles. The maximum absolute atomic E-state index is 11.0. The van der Waals surface area contributed by atoms with Gasteiger partial charge >= 0.3 is 6.09 Å². The first kappa shape index (κ1) is 9.49. The van der Waals surface area contributed by atoms with Gasteiger partial charge in [-0.25, -0.2) is 10.2 Å². The van der Waals surface area contributed by atoms with Crippen LogP contribution < -0.4 is 5.43 Å². The molecular formula is C10H16N2O2. The minimum absolute atomic E-state index is 0.392. The van der Waals surface area contributed by atoms with Crippen LogP contribution in [0, 0.1) is 11.8 Å². The van der Waals surface area contributed by atoms with Crippen LogP contribution in [0.2, 0.25) is 0 Å². The molecule has 2 bridgehead atoms. The van der Waals surface area contributed by atoms with Crippen molar-refractivity contribution in [3.8, 4) is 0 Å². The van der Waals surface area contributed by atoms with Crippen molar-refractivity contribution in [2.45, 2.75) is 32.6 Å². The van der Waals surface area contributed by atoms with Gasteiger partial charge in [-0.15, -0.1) is 0 Å². The molecule has 0 aromatic carbocycles. The van der Waals surface area contributed by atoms with E-state index < -0.39 is 6.09 Å². The Morgan fingerprint density at radius 2 is 2.50 bits per heavy atom. The average Bonchev–Trinajstić information content (AvgIpc) is 2.76. The van der Waals surface area contributed by atoms with E-state index in [2.05, 4.69) is 10.5 Å². The molecule has 2 fully saturated rings. The van der Waals surface area contributed by atoms with Crippen LogP contribution >= 0.6 is 0 Å². The molecule has 2 rings (SSSR count). The van der Waals surface area contributed by atoms with Gasteiger partial charge in [0.1, 0.15) is 0 Å². The van der Waals surface area contributed by atoms with Crippen LogP contribution in [0.3, 0.4) is 0 Å². The molecule has 0 heterocycles. The Labute approximate surface area is 83.7 Å². The fraction of sp³-hybridized carbons (Fsp3) is 0.800. The number of rotatable bonds is 2. The lowest BCUT2D eigenvalue weighted by molar-refractivity contribution is 0.152. The van der Waals surface area contributed by atoms with Crippen LogP contribution in [0.5, 0.6) is 0 Å². The number of nitrogens with zero attached hydrogens (tertiary/aromatic N) is 1. The summed E-state index contributed by atoms with van der Waals surface area (Å²) >= 11 is 0. The summed E-state index contributed by atoms with van der Waals surface area (Å²) in [5.41, 5.74) is 3.60. The highest BCUT2D eigenvalue weighted by Gasteiger charge is 2.36. The molecule has 1 amide bonds. The molecule has 0 radical (unpaired) electrons. The number of hydrogen-bond acceptors (Lipinski definition) is 3. The topological polar surface area (TPSA) is 50.7 Å². The molecule has 2 aliphatic carbocycles. The number of ether oxygens (including phenoxy) is 1. The van der Waals surface area contributed by atoms with Gasteiger partial charge < -0.3 is 4.74 Å². The zero-order chi connectivity index (χ0) is 9.97. The molecule has 0 spiro atoms. The summed E-state index contributed by atoms with van der Waals surface area (Å²) in [6.45, 7) is 2.17. The zero-order valence-corrected chi connectivity index (χ0v) is 8.45. The fourth-order valence-corrected chi connectivity index (χ4v) is 2.44. The molecule has 4 heteroatoms. The summed E-state index contributed by atoms with van der Waals surface area (Å²) < 4.78 is 4.72. The van der Waals surface area contributed by atoms with E-state index in [0.717, 1.165) is 18.1 Å². The van der Waals surface area contributed by atoms with E-state index in [4.69, 9.17) is 4.74 Å². The number of carbonyl (C=O) groups is 1. The van der Waals surface area contributed by atoms with Gasteiger partial charge in [0.05, 0.1) is 6.61 Å². The molecule has 0 saturated heterocycles. The van der Waals surface area contributed by atoms with Crippen molar-refractivity contribution in [2.75, 3.05) is 6.61 Å². The lowest BCUT2D eigenvalue weighted by atomic mass is 9.99. The number of nitrogens with one attached hydrogen (secondary N) is 1.